The third-order valence-electron chi connectivity index (χ3n) is 4.63. The van der Waals surface area contributed by atoms with E-state index in [-0.39, 0.29) is 23.1 Å². The van der Waals surface area contributed by atoms with Crippen LogP contribution in [0, 0.1) is 12.7 Å². The van der Waals surface area contributed by atoms with Crippen molar-refractivity contribution in [1.82, 2.24) is 14.9 Å². The fourth-order valence-corrected chi connectivity index (χ4v) is 5.59. The molecule has 2 heterocycles. The molecule has 0 bridgehead atoms. The summed E-state index contributed by atoms with van der Waals surface area (Å²) < 4.78 is 52.5. The fraction of sp³-hybridized carbons (Fsp3) is 0.182. The molecule has 2 aromatic heterocycles. The molecule has 10 heteroatoms. The molecule has 7 nitrogen and oxygen atoms in total. The van der Waals surface area contributed by atoms with Gasteiger partial charge in [-0.3, -0.25) is 0 Å². The summed E-state index contributed by atoms with van der Waals surface area (Å²) >= 11 is 1.24. The normalized spacial score (nSPS) is 11.6. The Bertz CT molecular complexity index is 1330. The third kappa shape index (κ3) is 4.72. The highest BCUT2D eigenvalue weighted by Gasteiger charge is 2.23. The first-order valence-electron chi connectivity index (χ1n) is 9.78. The van der Waals surface area contributed by atoms with Crippen molar-refractivity contribution in [3.63, 3.8) is 0 Å². The van der Waals surface area contributed by atoms with Gasteiger partial charge in [0, 0.05) is 22.5 Å². The Morgan fingerprint density at radius 1 is 1.16 bits per heavy atom. The van der Waals surface area contributed by atoms with Crippen LogP contribution >= 0.6 is 11.3 Å². The summed E-state index contributed by atoms with van der Waals surface area (Å²) in [4.78, 5) is 5.58. The second-order valence-electron chi connectivity index (χ2n) is 6.83. The van der Waals surface area contributed by atoms with Gasteiger partial charge in [-0.15, -0.1) is 11.3 Å². The molecule has 0 spiro atoms. The Morgan fingerprint density at radius 3 is 2.66 bits per heavy atom. The summed E-state index contributed by atoms with van der Waals surface area (Å²) in [6.45, 7) is 4.17. The molecule has 0 atom stereocenters. The van der Waals surface area contributed by atoms with E-state index >= 15 is 0 Å². The lowest BCUT2D eigenvalue weighted by molar-refractivity contribution is 0.336. The number of aromatic nitrogens is 2. The van der Waals surface area contributed by atoms with Crippen molar-refractivity contribution in [2.45, 2.75) is 25.3 Å². The van der Waals surface area contributed by atoms with Crippen LogP contribution in [0.1, 0.15) is 17.4 Å². The number of ether oxygens (including phenoxy) is 1. The first-order chi connectivity index (χ1) is 15.4. The van der Waals surface area contributed by atoms with E-state index in [9.17, 15) is 12.8 Å². The van der Waals surface area contributed by atoms with Crippen molar-refractivity contribution in [2.75, 3.05) is 6.61 Å². The number of nitrogens with zero attached hydrogens (tertiary/aromatic N) is 2. The maximum Gasteiger partial charge on any atom is 0.268 e. The average Bonchev–Trinajstić information content (AvgIpc) is 3.41. The van der Waals surface area contributed by atoms with Gasteiger partial charge in [0.15, 0.2) is 0 Å². The molecule has 0 amide bonds. The molecule has 1 N–H and O–H groups in total. The van der Waals surface area contributed by atoms with Gasteiger partial charge in [0.25, 0.3) is 5.89 Å². The number of aryl methyl sites for hydroxylation is 1. The zero-order chi connectivity index (χ0) is 22.7. The zero-order valence-corrected chi connectivity index (χ0v) is 19.0. The van der Waals surface area contributed by atoms with E-state index in [1.165, 1.54) is 29.5 Å². The first kappa shape index (κ1) is 22.1. The van der Waals surface area contributed by atoms with Crippen LogP contribution in [0.5, 0.6) is 5.75 Å². The number of hydrogen-bond donors (Lipinski definition) is 1. The topological polar surface area (TPSA) is 94.3 Å². The molecule has 0 unspecified atom stereocenters. The SMILES string of the molecule is CCOc1ccccc1CNS(=O)(=O)c1cc(-c2nc(-c3ccc(F)cc3)no2)sc1C. The summed E-state index contributed by atoms with van der Waals surface area (Å²) in [5, 5.41) is 3.92. The van der Waals surface area contributed by atoms with E-state index in [1.807, 2.05) is 25.1 Å². The van der Waals surface area contributed by atoms with Crippen molar-refractivity contribution in [1.29, 1.82) is 0 Å². The second kappa shape index (κ2) is 9.19. The monoisotopic (exact) mass is 473 g/mol. The smallest absolute Gasteiger partial charge is 0.268 e. The van der Waals surface area contributed by atoms with E-state index in [0.717, 1.165) is 5.56 Å². The molecular formula is C22H20FN3O4S2. The number of thiophene rings is 1. The molecule has 0 aliphatic carbocycles. The Balaban J connectivity index is 1.55. The summed E-state index contributed by atoms with van der Waals surface area (Å²) in [6.07, 6.45) is 0. The first-order valence-corrected chi connectivity index (χ1v) is 12.1. The lowest BCUT2D eigenvalue weighted by atomic mass is 10.2. The number of hydrogen-bond acceptors (Lipinski definition) is 7. The molecule has 0 saturated carbocycles. The summed E-state index contributed by atoms with van der Waals surface area (Å²) in [6, 6.07) is 14.5. The van der Waals surface area contributed by atoms with E-state index in [0.29, 0.717) is 33.5 Å². The Kier molecular flexibility index (Phi) is 6.35. The average molecular weight is 474 g/mol. The Morgan fingerprint density at radius 2 is 1.91 bits per heavy atom. The molecule has 166 valence electrons. The highest BCUT2D eigenvalue weighted by Crippen LogP contribution is 2.33. The summed E-state index contributed by atoms with van der Waals surface area (Å²) in [5.74, 6) is 0.763. The van der Waals surface area contributed by atoms with Gasteiger partial charge < -0.3 is 9.26 Å². The Hall–Kier alpha value is -3.08. The third-order valence-corrected chi connectivity index (χ3v) is 7.32. The lowest BCUT2D eigenvalue weighted by Gasteiger charge is -2.11. The molecule has 0 saturated heterocycles. The van der Waals surface area contributed by atoms with Gasteiger partial charge in [-0.05, 0) is 50.2 Å². The minimum absolute atomic E-state index is 0.0956. The molecule has 0 radical (unpaired) electrons. The highest BCUT2D eigenvalue weighted by atomic mass is 32.2. The minimum Gasteiger partial charge on any atom is -0.494 e. The number of halogens is 1. The van der Waals surface area contributed by atoms with Gasteiger partial charge in [-0.2, -0.15) is 4.98 Å². The highest BCUT2D eigenvalue weighted by molar-refractivity contribution is 7.89. The Labute approximate surface area is 188 Å². The van der Waals surface area contributed by atoms with Crippen molar-refractivity contribution >= 4 is 21.4 Å². The minimum atomic E-state index is -3.78. The van der Waals surface area contributed by atoms with Crippen LogP contribution in [0.15, 0.2) is 64.0 Å². The molecule has 0 aliphatic rings. The van der Waals surface area contributed by atoms with E-state index in [1.54, 1.807) is 25.1 Å². The predicted molar refractivity (Wildman–Crippen MR) is 119 cm³/mol. The number of nitrogens with one attached hydrogen (secondary N) is 1. The van der Waals surface area contributed by atoms with Crippen LogP contribution in [0.25, 0.3) is 22.2 Å². The van der Waals surface area contributed by atoms with E-state index in [4.69, 9.17) is 9.26 Å². The van der Waals surface area contributed by atoms with Crippen molar-refractivity contribution in [3.8, 4) is 27.9 Å². The quantitative estimate of drug-likeness (QED) is 0.395. The molecule has 2 aromatic carbocycles. The molecule has 32 heavy (non-hydrogen) atoms. The zero-order valence-electron chi connectivity index (χ0n) is 17.3. The van der Waals surface area contributed by atoms with Crippen LogP contribution in [0.4, 0.5) is 4.39 Å². The molecule has 4 rings (SSSR count). The maximum atomic E-state index is 13.1. The van der Waals surface area contributed by atoms with Crippen molar-refractivity contribution in [3.05, 3.63) is 70.9 Å². The van der Waals surface area contributed by atoms with Gasteiger partial charge in [-0.25, -0.2) is 17.5 Å². The van der Waals surface area contributed by atoms with Crippen LogP contribution in [0.3, 0.4) is 0 Å². The summed E-state index contributed by atoms with van der Waals surface area (Å²) in [5.41, 5.74) is 1.34. The fourth-order valence-electron chi connectivity index (χ4n) is 3.07. The van der Waals surface area contributed by atoms with Crippen LogP contribution in [-0.2, 0) is 16.6 Å². The van der Waals surface area contributed by atoms with Crippen LogP contribution < -0.4 is 9.46 Å². The van der Waals surface area contributed by atoms with Crippen LogP contribution in [-0.4, -0.2) is 25.2 Å². The number of para-hydroxylation sites is 1. The largest absolute Gasteiger partial charge is 0.494 e. The molecule has 4 aromatic rings. The summed E-state index contributed by atoms with van der Waals surface area (Å²) in [7, 11) is -3.78. The van der Waals surface area contributed by atoms with Gasteiger partial charge in [0.1, 0.15) is 11.6 Å². The van der Waals surface area contributed by atoms with Crippen molar-refractivity contribution < 1.29 is 22.1 Å². The predicted octanol–water partition coefficient (Wildman–Crippen LogP) is 4.79. The van der Waals surface area contributed by atoms with E-state index in [2.05, 4.69) is 14.9 Å². The molecular weight excluding hydrogens is 453 g/mol. The van der Waals surface area contributed by atoms with E-state index < -0.39 is 10.0 Å². The molecule has 0 aliphatic heterocycles. The van der Waals surface area contributed by atoms with Crippen molar-refractivity contribution in [2.24, 2.45) is 0 Å². The van der Waals surface area contributed by atoms with Gasteiger partial charge >= 0.3 is 0 Å². The standard InChI is InChI=1S/C22H20FN3O4S2/c1-3-29-18-7-5-4-6-16(18)13-24-32(27,28)20-12-19(31-14(20)2)22-25-21(26-30-22)15-8-10-17(23)11-9-15/h4-12,24H,3,13H2,1-2H3. The van der Waals surface area contributed by atoms with Crippen LogP contribution in [0.2, 0.25) is 0 Å². The second-order valence-corrected chi connectivity index (χ2v) is 9.82. The van der Waals surface area contributed by atoms with Gasteiger partial charge in [-0.1, -0.05) is 23.4 Å². The number of benzene rings is 2. The number of rotatable bonds is 8. The molecule has 0 fully saturated rings. The van der Waals surface area contributed by atoms with Gasteiger partial charge in [0.05, 0.1) is 16.4 Å². The van der Waals surface area contributed by atoms with Gasteiger partial charge in [0.2, 0.25) is 15.8 Å². The number of sulfonamides is 1. The maximum absolute atomic E-state index is 13.1. The lowest BCUT2D eigenvalue weighted by Crippen LogP contribution is -2.23.